The third-order valence-electron chi connectivity index (χ3n) is 4.13. The topological polar surface area (TPSA) is 15.3 Å². The smallest absolute Gasteiger partial charge is 0.0107 e. The van der Waals surface area contributed by atoms with Crippen LogP contribution in [0.3, 0.4) is 0 Å². The lowest BCUT2D eigenvalue weighted by Crippen LogP contribution is -2.45. The molecule has 0 unspecified atom stereocenters. The fourth-order valence-electron chi connectivity index (χ4n) is 2.92. The second-order valence-corrected chi connectivity index (χ2v) is 5.39. The Morgan fingerprint density at radius 2 is 1.57 bits per heavy atom. The quantitative estimate of drug-likeness (QED) is 0.726. The summed E-state index contributed by atoms with van der Waals surface area (Å²) in [5.74, 6) is 3.32. The Kier molecular flexibility index (Phi) is 2.50. The fourth-order valence-corrected chi connectivity index (χ4v) is 2.92. The zero-order chi connectivity index (χ0) is 9.38. The molecule has 1 heterocycles. The average Bonchev–Trinajstić information content (AvgIpc) is 3.08. The van der Waals surface area contributed by atoms with Crippen LogP contribution in [0.1, 0.15) is 25.7 Å². The summed E-state index contributed by atoms with van der Waals surface area (Å²) in [6, 6.07) is 0. The molecule has 1 N–H and O–H groups in total. The maximum atomic E-state index is 3.44. The summed E-state index contributed by atoms with van der Waals surface area (Å²) in [6.45, 7) is 6.41. The predicted octanol–water partition coefficient (Wildman–Crippen LogP) is 1.33. The van der Waals surface area contributed by atoms with Crippen molar-refractivity contribution in [3.05, 3.63) is 0 Å². The molecule has 0 spiro atoms. The maximum absolute atomic E-state index is 3.44. The van der Waals surface area contributed by atoms with E-state index in [2.05, 4.69) is 10.2 Å². The van der Waals surface area contributed by atoms with Crippen LogP contribution in [-0.2, 0) is 0 Å². The average molecular weight is 194 g/mol. The monoisotopic (exact) mass is 194 g/mol. The molecule has 3 rings (SSSR count). The van der Waals surface area contributed by atoms with E-state index in [0.717, 1.165) is 17.8 Å². The molecular weight excluding hydrogens is 172 g/mol. The van der Waals surface area contributed by atoms with E-state index in [1.165, 1.54) is 58.4 Å². The van der Waals surface area contributed by atoms with Crippen molar-refractivity contribution in [3.63, 3.8) is 0 Å². The van der Waals surface area contributed by atoms with Crippen LogP contribution in [0.25, 0.3) is 0 Å². The molecular formula is C12H22N2. The number of nitrogens with one attached hydrogen (secondary N) is 1. The molecule has 0 aromatic carbocycles. The van der Waals surface area contributed by atoms with Crippen LogP contribution in [0.2, 0.25) is 0 Å². The van der Waals surface area contributed by atoms with E-state index in [1.54, 1.807) is 0 Å². The summed E-state index contributed by atoms with van der Waals surface area (Å²) in [7, 11) is 0. The zero-order valence-electron chi connectivity index (χ0n) is 9.04. The van der Waals surface area contributed by atoms with Gasteiger partial charge in [0.15, 0.2) is 0 Å². The Morgan fingerprint density at radius 1 is 1.00 bits per heavy atom. The summed E-state index contributed by atoms with van der Waals surface area (Å²) in [5.41, 5.74) is 0. The van der Waals surface area contributed by atoms with Crippen molar-refractivity contribution in [1.82, 2.24) is 10.2 Å². The Morgan fingerprint density at radius 3 is 2.07 bits per heavy atom. The summed E-state index contributed by atoms with van der Waals surface area (Å²) >= 11 is 0. The lowest BCUT2D eigenvalue weighted by molar-refractivity contribution is 0.183. The van der Waals surface area contributed by atoms with Crippen molar-refractivity contribution in [2.24, 2.45) is 17.8 Å². The molecule has 2 heteroatoms. The molecule has 2 aliphatic carbocycles. The lowest BCUT2D eigenvalue weighted by Gasteiger charge is -2.31. The normalized spacial score (nSPS) is 29.8. The van der Waals surface area contributed by atoms with Crippen LogP contribution in [-0.4, -0.2) is 37.6 Å². The molecule has 3 aliphatic rings. The van der Waals surface area contributed by atoms with Gasteiger partial charge in [-0.2, -0.15) is 0 Å². The number of rotatable bonds is 4. The third-order valence-corrected chi connectivity index (χ3v) is 4.13. The first kappa shape index (κ1) is 9.17. The van der Waals surface area contributed by atoms with Crippen LogP contribution < -0.4 is 5.32 Å². The minimum Gasteiger partial charge on any atom is -0.314 e. The summed E-state index contributed by atoms with van der Waals surface area (Å²) in [4.78, 5) is 2.69. The highest BCUT2D eigenvalue weighted by atomic mass is 15.2. The second kappa shape index (κ2) is 3.82. The molecule has 1 aliphatic heterocycles. The molecule has 2 nitrogen and oxygen atoms in total. The standard InChI is InChI=1S/C12H22N2/c1-2-10(1)12(11-3-4-11)9-14-7-5-13-6-8-14/h10-13H,1-9H2. The molecule has 0 aromatic rings. The van der Waals surface area contributed by atoms with Crippen molar-refractivity contribution < 1.29 is 0 Å². The highest BCUT2D eigenvalue weighted by Gasteiger charge is 2.41. The summed E-state index contributed by atoms with van der Waals surface area (Å²) in [5, 5.41) is 3.44. The number of hydrogen-bond acceptors (Lipinski definition) is 2. The van der Waals surface area contributed by atoms with Gasteiger partial charge in [0, 0.05) is 32.7 Å². The van der Waals surface area contributed by atoms with Crippen LogP contribution in [0.5, 0.6) is 0 Å². The fraction of sp³-hybridized carbons (Fsp3) is 1.00. The van der Waals surface area contributed by atoms with Crippen molar-refractivity contribution in [2.45, 2.75) is 25.7 Å². The van der Waals surface area contributed by atoms with Gasteiger partial charge in [0.25, 0.3) is 0 Å². The van der Waals surface area contributed by atoms with Gasteiger partial charge >= 0.3 is 0 Å². The second-order valence-electron chi connectivity index (χ2n) is 5.39. The molecule has 14 heavy (non-hydrogen) atoms. The van der Waals surface area contributed by atoms with Crippen LogP contribution in [0, 0.1) is 17.8 Å². The van der Waals surface area contributed by atoms with E-state index in [0.29, 0.717) is 0 Å². The number of piperazine rings is 1. The molecule has 1 saturated heterocycles. The predicted molar refractivity (Wildman–Crippen MR) is 58.2 cm³/mol. The molecule has 0 atom stereocenters. The summed E-state index contributed by atoms with van der Waals surface area (Å²) in [6.07, 6.45) is 6.14. The highest BCUT2D eigenvalue weighted by molar-refractivity contribution is 4.93. The first-order valence-corrected chi connectivity index (χ1v) is 6.36. The maximum Gasteiger partial charge on any atom is 0.0107 e. The highest BCUT2D eigenvalue weighted by Crippen LogP contribution is 2.49. The zero-order valence-corrected chi connectivity index (χ0v) is 9.04. The first-order valence-electron chi connectivity index (χ1n) is 6.36. The van der Waals surface area contributed by atoms with Gasteiger partial charge in [-0.05, 0) is 43.4 Å². The Labute approximate surface area is 87.0 Å². The van der Waals surface area contributed by atoms with Gasteiger partial charge in [0.1, 0.15) is 0 Å². The molecule has 2 saturated carbocycles. The van der Waals surface area contributed by atoms with E-state index in [1.807, 2.05) is 0 Å². The lowest BCUT2D eigenvalue weighted by atomic mass is 9.97. The number of nitrogens with zero attached hydrogens (tertiary/aromatic N) is 1. The molecule has 0 radical (unpaired) electrons. The van der Waals surface area contributed by atoms with Crippen molar-refractivity contribution in [1.29, 1.82) is 0 Å². The van der Waals surface area contributed by atoms with Crippen LogP contribution in [0.15, 0.2) is 0 Å². The SMILES string of the molecule is C1CN(CC(C2CC2)C2CC2)CCN1. The van der Waals surface area contributed by atoms with Gasteiger partial charge in [0.05, 0.1) is 0 Å². The minimum absolute atomic E-state index is 1.08. The van der Waals surface area contributed by atoms with E-state index < -0.39 is 0 Å². The molecule has 80 valence electrons. The third kappa shape index (κ3) is 2.12. The van der Waals surface area contributed by atoms with Gasteiger partial charge in [-0.15, -0.1) is 0 Å². The van der Waals surface area contributed by atoms with E-state index in [9.17, 15) is 0 Å². The molecule has 0 aromatic heterocycles. The molecule has 0 bridgehead atoms. The number of hydrogen-bond donors (Lipinski definition) is 1. The molecule has 3 fully saturated rings. The van der Waals surface area contributed by atoms with Gasteiger partial charge in [-0.3, -0.25) is 0 Å². The van der Waals surface area contributed by atoms with Gasteiger partial charge in [-0.25, -0.2) is 0 Å². The Hall–Kier alpha value is -0.0800. The van der Waals surface area contributed by atoms with Crippen molar-refractivity contribution in [2.75, 3.05) is 32.7 Å². The van der Waals surface area contributed by atoms with Gasteiger partial charge in [0.2, 0.25) is 0 Å². The largest absolute Gasteiger partial charge is 0.314 e. The van der Waals surface area contributed by atoms with E-state index in [4.69, 9.17) is 0 Å². The van der Waals surface area contributed by atoms with E-state index in [-0.39, 0.29) is 0 Å². The van der Waals surface area contributed by atoms with Crippen molar-refractivity contribution >= 4 is 0 Å². The Bertz CT molecular complexity index is 178. The van der Waals surface area contributed by atoms with Crippen molar-refractivity contribution in [3.8, 4) is 0 Å². The van der Waals surface area contributed by atoms with Gasteiger partial charge < -0.3 is 10.2 Å². The first-order chi connectivity index (χ1) is 6.93. The Balaban J connectivity index is 1.52. The minimum atomic E-state index is 1.08. The molecule has 0 amide bonds. The van der Waals surface area contributed by atoms with E-state index >= 15 is 0 Å². The summed E-state index contributed by atoms with van der Waals surface area (Å²) < 4.78 is 0. The van der Waals surface area contributed by atoms with Crippen LogP contribution >= 0.6 is 0 Å². The van der Waals surface area contributed by atoms with Crippen LogP contribution in [0.4, 0.5) is 0 Å². The van der Waals surface area contributed by atoms with Gasteiger partial charge in [-0.1, -0.05) is 0 Å².